The van der Waals surface area contributed by atoms with Crippen LogP contribution in [-0.4, -0.2) is 90.8 Å². The van der Waals surface area contributed by atoms with Gasteiger partial charge in [-0.1, -0.05) is 11.6 Å². The molecule has 2 aliphatic heterocycles. The first-order valence-electron chi connectivity index (χ1n) is 12.0. The van der Waals surface area contributed by atoms with Gasteiger partial charge in [0.15, 0.2) is 0 Å². The summed E-state index contributed by atoms with van der Waals surface area (Å²) in [5.41, 5.74) is -0.221. The normalized spacial score (nSPS) is 17.8. The number of morpholine rings is 1. The number of hydrogen-bond acceptors (Lipinski definition) is 9. The number of carboxylic acid groups (broad SMARTS) is 1. The number of benzene rings is 1. The number of amides is 4. The third-order valence-electron chi connectivity index (χ3n) is 6.27. The molecule has 0 bridgehead atoms. The van der Waals surface area contributed by atoms with Crippen LogP contribution in [0.2, 0.25) is 4.34 Å². The lowest BCUT2D eigenvalue weighted by Gasteiger charge is -2.27. The number of anilines is 2. The first-order valence-corrected chi connectivity index (χ1v) is 13.2. The number of imide groups is 1. The first-order chi connectivity index (χ1) is 18.5. The van der Waals surface area contributed by atoms with Crippen molar-refractivity contribution in [3.05, 3.63) is 45.6 Å². The molecule has 0 aliphatic carbocycles. The lowest BCUT2D eigenvalue weighted by molar-refractivity contribution is -0.143. The summed E-state index contributed by atoms with van der Waals surface area (Å²) in [5.74, 6) is -2.64. The van der Waals surface area contributed by atoms with Crippen molar-refractivity contribution in [3.8, 4) is 0 Å². The van der Waals surface area contributed by atoms with Gasteiger partial charge in [-0.15, -0.1) is 11.3 Å². The summed E-state index contributed by atoms with van der Waals surface area (Å²) < 4.78 is 11.0. The zero-order valence-corrected chi connectivity index (χ0v) is 22.8. The standard InChI is InChI=1S/C25H27ClN4O8S/c1-25(2,23(34)35)27-11-20(31)30(22(33)18-7-8-19(26)39-18)13-17-12-29(24(36)38-17)16-5-3-15(4-6-16)28-9-10-37-14-21(28)32/h3-8,17,27H,9-14H2,1-2H3,(H,34,35)/t17-/m1/s1. The van der Waals surface area contributed by atoms with Gasteiger partial charge < -0.3 is 19.5 Å². The van der Waals surface area contributed by atoms with Gasteiger partial charge in [-0.25, -0.2) is 4.79 Å². The maximum Gasteiger partial charge on any atom is 0.414 e. The molecule has 1 aromatic carbocycles. The van der Waals surface area contributed by atoms with Gasteiger partial charge in [-0.2, -0.15) is 0 Å². The number of nitrogens with one attached hydrogen (secondary N) is 1. The molecule has 1 aromatic heterocycles. The number of nitrogens with zero attached hydrogens (tertiary/aromatic N) is 3. The number of thiophene rings is 1. The Balaban J connectivity index is 1.47. The van der Waals surface area contributed by atoms with E-state index >= 15 is 0 Å². The van der Waals surface area contributed by atoms with Gasteiger partial charge in [0.2, 0.25) is 5.91 Å². The van der Waals surface area contributed by atoms with Crippen molar-refractivity contribution in [2.75, 3.05) is 49.2 Å². The van der Waals surface area contributed by atoms with E-state index in [0.717, 1.165) is 16.2 Å². The summed E-state index contributed by atoms with van der Waals surface area (Å²) in [5, 5.41) is 12.0. The predicted molar refractivity (Wildman–Crippen MR) is 142 cm³/mol. The summed E-state index contributed by atoms with van der Waals surface area (Å²) in [4.78, 5) is 66.6. The maximum absolute atomic E-state index is 13.2. The Kier molecular flexibility index (Phi) is 8.54. The van der Waals surface area contributed by atoms with Crippen LogP contribution in [0.15, 0.2) is 36.4 Å². The van der Waals surface area contributed by atoms with E-state index in [4.69, 9.17) is 21.1 Å². The molecule has 208 valence electrons. The molecule has 2 aliphatic rings. The number of ether oxygens (including phenoxy) is 2. The lowest BCUT2D eigenvalue weighted by atomic mass is 10.1. The van der Waals surface area contributed by atoms with E-state index < -0.39 is 42.1 Å². The number of cyclic esters (lactones) is 1. The van der Waals surface area contributed by atoms with E-state index in [0.29, 0.717) is 28.9 Å². The van der Waals surface area contributed by atoms with Crippen LogP contribution in [-0.2, 0) is 23.9 Å². The summed E-state index contributed by atoms with van der Waals surface area (Å²) in [7, 11) is 0. The number of aliphatic carboxylic acids is 1. The molecule has 0 spiro atoms. The Bertz CT molecular complexity index is 1280. The van der Waals surface area contributed by atoms with Gasteiger partial charge in [-0.3, -0.25) is 34.3 Å². The van der Waals surface area contributed by atoms with Crippen LogP contribution in [0.25, 0.3) is 0 Å². The molecule has 0 radical (unpaired) electrons. The smallest absolute Gasteiger partial charge is 0.414 e. The molecule has 4 amide bonds. The van der Waals surface area contributed by atoms with Crippen LogP contribution < -0.4 is 15.1 Å². The first kappa shape index (κ1) is 28.5. The summed E-state index contributed by atoms with van der Waals surface area (Å²) in [6.45, 7) is 3.04. The number of hydrogen-bond donors (Lipinski definition) is 2. The molecule has 2 aromatic rings. The van der Waals surface area contributed by atoms with Crippen molar-refractivity contribution in [1.29, 1.82) is 0 Å². The van der Waals surface area contributed by atoms with Gasteiger partial charge in [0.05, 0.1) is 35.5 Å². The molecular formula is C25H27ClN4O8S. The second-order valence-corrected chi connectivity index (χ2v) is 11.1. The van der Waals surface area contributed by atoms with Crippen molar-refractivity contribution in [2.24, 2.45) is 0 Å². The SMILES string of the molecule is CC(C)(NCC(=O)N(C[C@H]1CN(c2ccc(N3CCOCC3=O)cc2)C(=O)O1)C(=O)c1ccc(Cl)s1)C(=O)O. The topological polar surface area (TPSA) is 146 Å². The van der Waals surface area contributed by atoms with E-state index in [2.05, 4.69) is 5.32 Å². The molecule has 0 unspecified atom stereocenters. The molecule has 3 heterocycles. The highest BCUT2D eigenvalue weighted by atomic mass is 35.5. The van der Waals surface area contributed by atoms with Crippen LogP contribution in [0.5, 0.6) is 0 Å². The second-order valence-electron chi connectivity index (χ2n) is 9.43. The minimum atomic E-state index is -1.41. The zero-order valence-electron chi connectivity index (χ0n) is 21.2. The van der Waals surface area contributed by atoms with E-state index in [1.807, 2.05) is 0 Å². The fourth-order valence-electron chi connectivity index (χ4n) is 3.96. The molecule has 2 saturated heterocycles. The minimum Gasteiger partial charge on any atom is -0.480 e. The molecule has 12 nitrogen and oxygen atoms in total. The molecule has 4 rings (SSSR count). The maximum atomic E-state index is 13.2. The van der Waals surface area contributed by atoms with Crippen molar-refractivity contribution >= 4 is 64.1 Å². The Hall–Kier alpha value is -3.52. The molecule has 2 fully saturated rings. The van der Waals surface area contributed by atoms with Crippen molar-refractivity contribution in [1.82, 2.24) is 10.2 Å². The Morgan fingerprint density at radius 1 is 1.13 bits per heavy atom. The van der Waals surface area contributed by atoms with Crippen LogP contribution in [0.1, 0.15) is 23.5 Å². The average molecular weight is 579 g/mol. The van der Waals surface area contributed by atoms with Crippen LogP contribution >= 0.6 is 22.9 Å². The molecule has 1 atom stereocenters. The number of rotatable bonds is 9. The quantitative estimate of drug-likeness (QED) is 0.457. The minimum absolute atomic E-state index is 0.0107. The predicted octanol–water partition coefficient (Wildman–Crippen LogP) is 2.21. The summed E-state index contributed by atoms with van der Waals surface area (Å²) in [6, 6.07) is 9.81. The fraction of sp³-hybridized carbons (Fsp3) is 0.400. The van der Waals surface area contributed by atoms with E-state index in [9.17, 15) is 29.1 Å². The number of halogens is 1. The monoisotopic (exact) mass is 578 g/mol. The van der Waals surface area contributed by atoms with Crippen LogP contribution in [0.4, 0.5) is 16.2 Å². The number of carbonyl (C=O) groups excluding carboxylic acids is 4. The molecular weight excluding hydrogens is 552 g/mol. The van der Waals surface area contributed by atoms with E-state index in [1.165, 1.54) is 30.9 Å². The molecule has 0 saturated carbocycles. The second kappa shape index (κ2) is 11.7. The molecule has 14 heteroatoms. The van der Waals surface area contributed by atoms with E-state index in [-0.39, 0.29) is 30.5 Å². The highest BCUT2D eigenvalue weighted by Gasteiger charge is 2.37. The van der Waals surface area contributed by atoms with Crippen LogP contribution in [0, 0.1) is 0 Å². The Labute approximate surface area is 233 Å². The number of carboxylic acids is 1. The van der Waals surface area contributed by atoms with Gasteiger partial charge in [-0.05, 0) is 50.2 Å². The summed E-state index contributed by atoms with van der Waals surface area (Å²) >= 11 is 6.96. The summed E-state index contributed by atoms with van der Waals surface area (Å²) in [6.07, 6.45) is -1.49. The largest absolute Gasteiger partial charge is 0.480 e. The van der Waals surface area contributed by atoms with Gasteiger partial charge >= 0.3 is 12.1 Å². The van der Waals surface area contributed by atoms with Gasteiger partial charge in [0.25, 0.3) is 11.8 Å². The highest BCUT2D eigenvalue weighted by Crippen LogP contribution is 2.27. The lowest BCUT2D eigenvalue weighted by Crippen LogP contribution is -2.53. The Morgan fingerprint density at radius 2 is 1.79 bits per heavy atom. The third kappa shape index (κ3) is 6.56. The van der Waals surface area contributed by atoms with Gasteiger partial charge in [0, 0.05) is 17.9 Å². The fourth-order valence-corrected chi connectivity index (χ4v) is 4.95. The van der Waals surface area contributed by atoms with Crippen LogP contribution in [0.3, 0.4) is 0 Å². The molecule has 39 heavy (non-hydrogen) atoms. The number of carbonyl (C=O) groups is 5. The van der Waals surface area contributed by atoms with Crippen molar-refractivity contribution < 1.29 is 38.6 Å². The zero-order chi connectivity index (χ0) is 28.3. The third-order valence-corrected chi connectivity index (χ3v) is 7.48. The molecule has 2 N–H and O–H groups in total. The van der Waals surface area contributed by atoms with E-state index in [1.54, 1.807) is 29.2 Å². The highest BCUT2D eigenvalue weighted by molar-refractivity contribution is 7.18. The Morgan fingerprint density at radius 3 is 2.38 bits per heavy atom. The average Bonchev–Trinajstić information content (AvgIpc) is 3.51. The van der Waals surface area contributed by atoms with Crippen molar-refractivity contribution in [2.45, 2.75) is 25.5 Å². The van der Waals surface area contributed by atoms with Crippen molar-refractivity contribution in [3.63, 3.8) is 0 Å². The van der Waals surface area contributed by atoms with Gasteiger partial charge in [0.1, 0.15) is 18.2 Å².